The summed E-state index contributed by atoms with van der Waals surface area (Å²) in [7, 11) is -3.89. The van der Waals surface area contributed by atoms with Crippen LogP contribution in [0.2, 0.25) is 0 Å². The fraction of sp³-hybridized carbons (Fsp3) is 0.400. The summed E-state index contributed by atoms with van der Waals surface area (Å²) in [4.78, 5) is 2.04. The Balaban J connectivity index is 1.80. The molecule has 1 aliphatic heterocycles. The van der Waals surface area contributed by atoms with Gasteiger partial charge in [0.15, 0.2) is 0 Å². The van der Waals surface area contributed by atoms with Gasteiger partial charge in [0.05, 0.1) is 0 Å². The van der Waals surface area contributed by atoms with Crippen molar-refractivity contribution in [2.45, 2.75) is 36.6 Å². The quantitative estimate of drug-likeness (QED) is 0.836. The molecule has 6 heteroatoms. The molecule has 4 nitrogen and oxygen atoms in total. The molecule has 1 unspecified atom stereocenters. The van der Waals surface area contributed by atoms with Crippen LogP contribution in [0.3, 0.4) is 0 Å². The molecule has 140 valence electrons. The molecular weight excluding hydrogens is 351 g/mol. The largest absolute Gasteiger partial charge is 0.295 e. The fourth-order valence-corrected chi connectivity index (χ4v) is 4.58. The predicted octanol–water partition coefficient (Wildman–Crippen LogP) is 3.72. The van der Waals surface area contributed by atoms with Gasteiger partial charge in [0.25, 0.3) is 0 Å². The van der Waals surface area contributed by atoms with E-state index in [-0.39, 0.29) is 17.5 Å². The maximum Gasteiger partial charge on any atom is 0.243 e. The van der Waals surface area contributed by atoms with E-state index in [2.05, 4.69) is 9.62 Å². The van der Waals surface area contributed by atoms with Crippen LogP contribution < -0.4 is 4.72 Å². The van der Waals surface area contributed by atoms with Crippen molar-refractivity contribution in [2.75, 3.05) is 19.6 Å². The normalized spacial score (nSPS) is 17.6. The zero-order valence-electron chi connectivity index (χ0n) is 14.8. The highest BCUT2D eigenvalue weighted by molar-refractivity contribution is 7.89. The third-order valence-corrected chi connectivity index (χ3v) is 6.32. The number of hydrogen-bond acceptors (Lipinski definition) is 3. The van der Waals surface area contributed by atoms with Crippen LogP contribution in [0.4, 0.5) is 4.39 Å². The van der Waals surface area contributed by atoms with Gasteiger partial charge in [-0.2, -0.15) is 0 Å². The van der Waals surface area contributed by atoms with E-state index in [1.54, 1.807) is 0 Å². The second kappa shape index (κ2) is 8.75. The van der Waals surface area contributed by atoms with Gasteiger partial charge >= 0.3 is 0 Å². The Bertz CT molecular complexity index is 804. The minimum Gasteiger partial charge on any atom is -0.295 e. The molecule has 0 aliphatic carbocycles. The summed E-state index contributed by atoms with van der Waals surface area (Å²) in [5.41, 5.74) is 1.07. The number of likely N-dealkylation sites (tertiary alicyclic amines) is 1. The first-order valence-electron chi connectivity index (χ1n) is 9.11. The molecule has 1 N–H and O–H groups in total. The Labute approximate surface area is 155 Å². The van der Waals surface area contributed by atoms with Crippen molar-refractivity contribution in [3.63, 3.8) is 0 Å². The van der Waals surface area contributed by atoms with E-state index < -0.39 is 15.8 Å². The maximum absolute atomic E-state index is 13.9. The molecule has 2 aromatic rings. The lowest BCUT2D eigenvalue weighted by Gasteiger charge is -2.31. The monoisotopic (exact) mass is 376 g/mol. The molecule has 1 heterocycles. The predicted molar refractivity (Wildman–Crippen MR) is 101 cm³/mol. The number of hydrogen-bond donors (Lipinski definition) is 1. The standard InChI is InChI=1S/C20H25FN2O2S/c21-18-12-6-7-13-20(18)26(24,25)22-16-19(17-10-4-3-5-11-17)23-14-8-1-2-9-15-23/h3-7,10-13,19,22H,1-2,8-9,14-16H2. The van der Waals surface area contributed by atoms with Gasteiger partial charge in [0.1, 0.15) is 10.7 Å². The SMILES string of the molecule is O=S(=O)(NCC(c1ccccc1)N1CCCCCC1)c1ccccc1F. The van der Waals surface area contributed by atoms with Crippen LogP contribution in [0.5, 0.6) is 0 Å². The van der Waals surface area contributed by atoms with E-state index in [4.69, 9.17) is 0 Å². The van der Waals surface area contributed by atoms with Gasteiger partial charge in [-0.15, -0.1) is 0 Å². The van der Waals surface area contributed by atoms with E-state index in [1.807, 2.05) is 30.3 Å². The summed E-state index contributed by atoms with van der Waals surface area (Å²) >= 11 is 0. The van der Waals surface area contributed by atoms with Crippen molar-refractivity contribution in [1.82, 2.24) is 9.62 Å². The van der Waals surface area contributed by atoms with Crippen molar-refractivity contribution in [1.29, 1.82) is 0 Å². The van der Waals surface area contributed by atoms with Crippen molar-refractivity contribution < 1.29 is 12.8 Å². The van der Waals surface area contributed by atoms with Crippen molar-refractivity contribution in [3.05, 3.63) is 66.0 Å². The summed E-state index contributed by atoms with van der Waals surface area (Å²) in [6, 6.07) is 15.3. The third-order valence-electron chi connectivity index (χ3n) is 4.86. The van der Waals surface area contributed by atoms with E-state index in [1.165, 1.54) is 31.0 Å². The third kappa shape index (κ3) is 4.69. The van der Waals surface area contributed by atoms with Crippen molar-refractivity contribution in [3.8, 4) is 0 Å². The smallest absolute Gasteiger partial charge is 0.243 e. The second-order valence-corrected chi connectivity index (χ2v) is 8.39. The fourth-order valence-electron chi connectivity index (χ4n) is 3.47. The number of nitrogens with zero attached hydrogens (tertiary/aromatic N) is 1. The lowest BCUT2D eigenvalue weighted by atomic mass is 10.1. The minimum absolute atomic E-state index is 0.0594. The minimum atomic E-state index is -3.89. The van der Waals surface area contributed by atoms with Crippen LogP contribution in [0.1, 0.15) is 37.3 Å². The first-order chi connectivity index (χ1) is 12.6. The molecule has 1 atom stereocenters. The molecule has 3 rings (SSSR count). The summed E-state index contributed by atoms with van der Waals surface area (Å²) in [6.07, 6.45) is 4.64. The van der Waals surface area contributed by atoms with Crippen molar-refractivity contribution >= 4 is 10.0 Å². The molecule has 2 aromatic carbocycles. The number of benzene rings is 2. The van der Waals surface area contributed by atoms with Gasteiger partial charge in [-0.25, -0.2) is 17.5 Å². The molecule has 0 radical (unpaired) electrons. The molecule has 1 fully saturated rings. The molecule has 0 bridgehead atoms. The molecule has 1 saturated heterocycles. The summed E-state index contributed by atoms with van der Waals surface area (Å²) in [5, 5.41) is 0. The van der Waals surface area contributed by atoms with E-state index in [0.29, 0.717) is 0 Å². The van der Waals surface area contributed by atoms with Gasteiger partial charge < -0.3 is 0 Å². The number of sulfonamides is 1. The van der Waals surface area contributed by atoms with E-state index >= 15 is 0 Å². The lowest BCUT2D eigenvalue weighted by Crippen LogP contribution is -2.38. The van der Waals surface area contributed by atoms with Crippen molar-refractivity contribution in [2.24, 2.45) is 0 Å². The van der Waals surface area contributed by atoms with Crippen LogP contribution in [0.25, 0.3) is 0 Å². The van der Waals surface area contributed by atoms with Gasteiger partial charge in [0, 0.05) is 12.6 Å². The highest BCUT2D eigenvalue weighted by atomic mass is 32.2. The van der Waals surface area contributed by atoms with Crippen LogP contribution in [-0.4, -0.2) is 33.0 Å². The highest BCUT2D eigenvalue weighted by Gasteiger charge is 2.25. The Morgan fingerprint density at radius 2 is 1.54 bits per heavy atom. The highest BCUT2D eigenvalue weighted by Crippen LogP contribution is 2.24. The summed E-state index contributed by atoms with van der Waals surface area (Å²) in [6.45, 7) is 2.11. The number of nitrogens with one attached hydrogen (secondary N) is 1. The van der Waals surface area contributed by atoms with Gasteiger partial charge in [0.2, 0.25) is 10.0 Å². The number of halogens is 1. The zero-order chi connectivity index (χ0) is 18.4. The van der Waals surface area contributed by atoms with E-state index in [9.17, 15) is 12.8 Å². The van der Waals surface area contributed by atoms with E-state index in [0.717, 1.165) is 37.6 Å². The van der Waals surface area contributed by atoms with Gasteiger partial charge in [-0.3, -0.25) is 4.90 Å². The van der Waals surface area contributed by atoms with Crippen LogP contribution in [0, 0.1) is 5.82 Å². The Hall–Kier alpha value is -1.76. The van der Waals surface area contributed by atoms with Crippen LogP contribution in [-0.2, 0) is 10.0 Å². The molecule has 0 aromatic heterocycles. The molecule has 0 saturated carbocycles. The maximum atomic E-state index is 13.9. The number of rotatable bonds is 6. The molecule has 0 spiro atoms. The Kier molecular flexibility index (Phi) is 6.40. The molecule has 0 amide bonds. The van der Waals surface area contributed by atoms with Crippen LogP contribution in [0.15, 0.2) is 59.5 Å². The molecule has 1 aliphatic rings. The topological polar surface area (TPSA) is 49.4 Å². The lowest BCUT2D eigenvalue weighted by molar-refractivity contribution is 0.206. The average molecular weight is 376 g/mol. The van der Waals surface area contributed by atoms with Gasteiger partial charge in [-0.05, 0) is 43.6 Å². The Morgan fingerprint density at radius 3 is 2.19 bits per heavy atom. The zero-order valence-corrected chi connectivity index (χ0v) is 15.6. The Morgan fingerprint density at radius 1 is 0.923 bits per heavy atom. The molecular formula is C20H25FN2O2S. The first kappa shape index (κ1) is 19.0. The second-order valence-electron chi connectivity index (χ2n) is 6.66. The first-order valence-corrected chi connectivity index (χ1v) is 10.6. The average Bonchev–Trinajstić information content (AvgIpc) is 2.92. The summed E-state index contributed by atoms with van der Waals surface area (Å²) < 4.78 is 41.7. The van der Waals surface area contributed by atoms with Gasteiger partial charge in [-0.1, -0.05) is 55.3 Å². The molecule has 26 heavy (non-hydrogen) atoms. The van der Waals surface area contributed by atoms with Crippen LogP contribution >= 0.6 is 0 Å². The summed E-state index contributed by atoms with van der Waals surface area (Å²) in [5.74, 6) is -0.731.